The molecule has 2 atom stereocenters. The molecule has 0 saturated carbocycles. The normalized spacial score (nSPS) is 18.6. The van der Waals surface area contributed by atoms with Crippen LogP contribution in [0.3, 0.4) is 0 Å². The zero-order valence-corrected chi connectivity index (χ0v) is 25.9. The summed E-state index contributed by atoms with van der Waals surface area (Å²) in [4.78, 5) is 26.1. The van der Waals surface area contributed by atoms with Gasteiger partial charge in [0.1, 0.15) is 5.54 Å². The molecular formula is C30H37N3O6SSi. The molecule has 3 aromatic carbocycles. The van der Waals surface area contributed by atoms with Gasteiger partial charge in [-0.1, -0.05) is 81.4 Å². The predicted molar refractivity (Wildman–Crippen MR) is 160 cm³/mol. The number of nitrogens with one attached hydrogen (secondary N) is 1. The summed E-state index contributed by atoms with van der Waals surface area (Å²) in [5.74, 6) is -0.348. The van der Waals surface area contributed by atoms with Crippen molar-refractivity contribution in [2.75, 3.05) is 13.2 Å². The smallest absolute Gasteiger partial charge is 0.269 e. The highest BCUT2D eigenvalue weighted by molar-refractivity contribution is 7.89. The van der Waals surface area contributed by atoms with Gasteiger partial charge in [-0.2, -0.15) is 4.72 Å². The van der Waals surface area contributed by atoms with E-state index in [0.717, 1.165) is 23.3 Å². The van der Waals surface area contributed by atoms with Crippen molar-refractivity contribution in [1.82, 2.24) is 9.62 Å². The lowest BCUT2D eigenvalue weighted by molar-refractivity contribution is -0.384. The van der Waals surface area contributed by atoms with Crippen molar-refractivity contribution in [1.29, 1.82) is 0 Å². The predicted octanol–water partition coefficient (Wildman–Crippen LogP) is 5.46. The lowest BCUT2D eigenvalue weighted by atomic mass is 9.81. The third kappa shape index (κ3) is 6.59. The van der Waals surface area contributed by atoms with Crippen molar-refractivity contribution < 1.29 is 22.6 Å². The number of nitro benzene ring substituents is 1. The summed E-state index contributed by atoms with van der Waals surface area (Å²) in [6.45, 7) is 11.2. The molecule has 1 aliphatic rings. The summed E-state index contributed by atoms with van der Waals surface area (Å²) in [6, 6.07) is 23.1. The fourth-order valence-electron chi connectivity index (χ4n) is 4.66. The Morgan fingerprint density at radius 1 is 1.00 bits per heavy atom. The number of rotatable bonds is 11. The van der Waals surface area contributed by atoms with Gasteiger partial charge in [0, 0.05) is 25.1 Å². The zero-order chi connectivity index (χ0) is 30.1. The number of nitro groups is 1. The summed E-state index contributed by atoms with van der Waals surface area (Å²) in [5, 5.41) is 11.0. The Kier molecular flexibility index (Phi) is 8.56. The molecule has 0 spiro atoms. The first-order chi connectivity index (χ1) is 19.2. The SMILES string of the molecule is CC(C)(C)[Si](C)(C)OC[C@@H](c1ccccc1)N1C[C@@](Cc2ccccc2)(NS(=O)(=O)c2ccc([N+](=O)[O-])cc2)C1=O. The molecule has 3 aromatic rings. The fraction of sp³-hybridized carbons (Fsp3) is 0.367. The lowest BCUT2D eigenvalue weighted by Gasteiger charge is -2.52. The number of likely N-dealkylation sites (tertiary alicyclic amines) is 1. The first-order valence-corrected chi connectivity index (χ1v) is 17.9. The second-order valence-electron chi connectivity index (χ2n) is 12.0. The number of nitrogens with zero attached hydrogens (tertiary/aromatic N) is 2. The molecule has 1 aliphatic heterocycles. The van der Waals surface area contributed by atoms with Crippen molar-refractivity contribution in [2.24, 2.45) is 0 Å². The molecule has 1 N–H and O–H groups in total. The van der Waals surface area contributed by atoms with Gasteiger partial charge in [-0.15, -0.1) is 0 Å². The van der Waals surface area contributed by atoms with Gasteiger partial charge in [0.25, 0.3) is 5.69 Å². The first-order valence-electron chi connectivity index (χ1n) is 13.5. The summed E-state index contributed by atoms with van der Waals surface area (Å²) in [7, 11) is -6.33. The van der Waals surface area contributed by atoms with Crippen LogP contribution < -0.4 is 4.72 Å². The van der Waals surface area contributed by atoms with Crippen molar-refractivity contribution >= 4 is 29.9 Å². The van der Waals surface area contributed by atoms with E-state index in [-0.39, 0.29) is 34.5 Å². The highest BCUT2D eigenvalue weighted by atomic mass is 32.2. The van der Waals surface area contributed by atoms with E-state index in [4.69, 9.17) is 4.43 Å². The number of hydrogen-bond donors (Lipinski definition) is 1. The van der Waals surface area contributed by atoms with Crippen molar-refractivity contribution in [2.45, 2.75) is 61.8 Å². The Morgan fingerprint density at radius 3 is 2.07 bits per heavy atom. The molecule has 4 rings (SSSR count). The summed E-state index contributed by atoms with van der Waals surface area (Å²) >= 11 is 0. The minimum atomic E-state index is -4.19. The molecule has 0 aliphatic carbocycles. The molecule has 9 nitrogen and oxygen atoms in total. The minimum Gasteiger partial charge on any atom is -0.414 e. The number of sulfonamides is 1. The highest BCUT2D eigenvalue weighted by Gasteiger charge is 2.56. The maximum Gasteiger partial charge on any atom is 0.269 e. The van der Waals surface area contributed by atoms with Crippen molar-refractivity contribution in [3.8, 4) is 0 Å². The van der Waals surface area contributed by atoms with Crippen LogP contribution in [0.5, 0.6) is 0 Å². The average molecular weight is 596 g/mol. The van der Waals surface area contributed by atoms with E-state index >= 15 is 0 Å². The van der Waals surface area contributed by atoms with E-state index < -0.39 is 34.8 Å². The van der Waals surface area contributed by atoms with Crippen LogP contribution in [-0.2, 0) is 25.7 Å². The van der Waals surface area contributed by atoms with Gasteiger partial charge in [-0.05, 0) is 41.4 Å². The molecule has 1 saturated heterocycles. The third-order valence-electron chi connectivity index (χ3n) is 8.12. The van der Waals surface area contributed by atoms with Gasteiger partial charge in [0.15, 0.2) is 8.32 Å². The van der Waals surface area contributed by atoms with Gasteiger partial charge >= 0.3 is 0 Å². The Labute approximate surface area is 242 Å². The number of amides is 1. The highest BCUT2D eigenvalue weighted by Crippen LogP contribution is 2.40. The van der Waals surface area contributed by atoms with Gasteiger partial charge < -0.3 is 9.33 Å². The Bertz CT molecular complexity index is 1490. The van der Waals surface area contributed by atoms with Crippen LogP contribution in [0.4, 0.5) is 5.69 Å². The maximum absolute atomic E-state index is 14.1. The summed E-state index contributed by atoms with van der Waals surface area (Å²) in [6.07, 6.45) is 0.153. The molecule has 41 heavy (non-hydrogen) atoms. The Balaban J connectivity index is 1.66. The molecular weight excluding hydrogens is 558 g/mol. The topological polar surface area (TPSA) is 119 Å². The molecule has 1 heterocycles. The van der Waals surface area contributed by atoms with E-state index in [0.29, 0.717) is 6.61 Å². The molecule has 0 unspecified atom stereocenters. The summed E-state index contributed by atoms with van der Waals surface area (Å²) < 4.78 is 36.2. The minimum absolute atomic E-state index is 0.0232. The van der Waals surface area contributed by atoms with E-state index in [1.807, 2.05) is 60.7 Å². The lowest BCUT2D eigenvalue weighted by Crippen LogP contribution is -2.75. The van der Waals surface area contributed by atoms with Crippen molar-refractivity contribution in [3.63, 3.8) is 0 Å². The number of carbonyl (C=O) groups excluding carboxylic acids is 1. The molecule has 1 fully saturated rings. The number of hydrogen-bond acceptors (Lipinski definition) is 6. The zero-order valence-electron chi connectivity index (χ0n) is 24.0. The van der Waals surface area contributed by atoms with Crippen LogP contribution in [-0.4, -0.2) is 51.2 Å². The van der Waals surface area contributed by atoms with E-state index in [9.17, 15) is 23.3 Å². The van der Waals surface area contributed by atoms with Crippen LogP contribution in [0.2, 0.25) is 18.1 Å². The number of non-ortho nitro benzene ring substituents is 1. The number of β-lactam (4-membered cyclic amide) rings is 1. The second-order valence-corrected chi connectivity index (χ2v) is 18.5. The molecule has 0 radical (unpaired) electrons. The van der Waals surface area contributed by atoms with Crippen LogP contribution in [0.15, 0.2) is 89.8 Å². The number of carbonyl (C=O) groups is 1. The monoisotopic (exact) mass is 595 g/mol. The number of benzene rings is 3. The van der Waals surface area contributed by atoms with Crippen LogP contribution in [0.1, 0.15) is 37.9 Å². The Morgan fingerprint density at radius 2 is 1.56 bits per heavy atom. The van der Waals surface area contributed by atoms with Gasteiger partial charge in [-0.3, -0.25) is 14.9 Å². The standard InChI is InChI=1S/C30H37N3O6SSi/c1-29(2,3)41(4,5)39-21-27(24-14-10-7-11-15-24)32-22-30(28(32)34,20-23-12-8-6-9-13-23)31-40(37,38)26-18-16-25(17-19-26)33(35)36/h6-19,27,31H,20-22H2,1-5H3/t27-,30+/m0/s1. The summed E-state index contributed by atoms with van der Waals surface area (Å²) in [5.41, 5.74) is 0.0689. The van der Waals surface area contributed by atoms with E-state index in [1.165, 1.54) is 12.1 Å². The maximum atomic E-state index is 14.1. The van der Waals surface area contributed by atoms with Crippen LogP contribution in [0.25, 0.3) is 0 Å². The average Bonchev–Trinajstić information content (AvgIpc) is 2.92. The van der Waals surface area contributed by atoms with E-state index in [2.05, 4.69) is 38.6 Å². The molecule has 11 heteroatoms. The first kappa shape index (κ1) is 30.6. The van der Waals surface area contributed by atoms with E-state index in [1.54, 1.807) is 4.90 Å². The molecule has 0 bridgehead atoms. The molecule has 1 amide bonds. The quantitative estimate of drug-likeness (QED) is 0.136. The largest absolute Gasteiger partial charge is 0.414 e. The van der Waals surface area contributed by atoms with Crippen molar-refractivity contribution in [3.05, 3.63) is 106 Å². The molecule has 218 valence electrons. The fourth-order valence-corrected chi connectivity index (χ4v) is 7.02. The van der Waals surface area contributed by atoms with Gasteiger partial charge in [0.05, 0.1) is 22.5 Å². The third-order valence-corrected chi connectivity index (χ3v) is 14.2. The molecule has 0 aromatic heterocycles. The van der Waals surface area contributed by atoms with Gasteiger partial charge in [0.2, 0.25) is 15.9 Å². The van der Waals surface area contributed by atoms with Gasteiger partial charge in [-0.25, -0.2) is 8.42 Å². The Hall–Kier alpha value is -3.38. The van der Waals surface area contributed by atoms with Crippen LogP contribution >= 0.6 is 0 Å². The van der Waals surface area contributed by atoms with Crippen LogP contribution in [0, 0.1) is 10.1 Å². The second kappa shape index (κ2) is 11.5.